The molecule has 0 unspecified atom stereocenters. The van der Waals surface area contributed by atoms with E-state index in [1.54, 1.807) is 6.92 Å². The van der Waals surface area contributed by atoms with Crippen molar-refractivity contribution in [2.75, 3.05) is 7.11 Å². The van der Waals surface area contributed by atoms with Gasteiger partial charge < -0.3 is 10.2 Å². The molecule has 0 amide bonds. The lowest BCUT2D eigenvalue weighted by molar-refractivity contribution is 0.0689. The average Bonchev–Trinajstić information content (AvgIpc) is 2.84. The van der Waals surface area contributed by atoms with Crippen molar-refractivity contribution in [3.63, 3.8) is 0 Å². The van der Waals surface area contributed by atoms with E-state index in [4.69, 9.17) is 5.11 Å². The minimum absolute atomic E-state index is 0.0355. The van der Waals surface area contributed by atoms with E-state index in [0.29, 0.717) is 16.9 Å². The predicted octanol–water partition coefficient (Wildman–Crippen LogP) is 0.706. The summed E-state index contributed by atoms with van der Waals surface area (Å²) in [5, 5.41) is 22.4. The normalized spacial score (nSPS) is 11.6. The van der Waals surface area contributed by atoms with E-state index in [1.807, 2.05) is 0 Å². The highest BCUT2D eigenvalue weighted by atomic mass is 32.2. The number of hydrogen-bond donors (Lipinski definition) is 2. The summed E-state index contributed by atoms with van der Waals surface area (Å²) in [7, 11) is -2.74. The molecule has 118 valence electrons. The van der Waals surface area contributed by atoms with Gasteiger partial charge in [-0.3, -0.25) is 4.18 Å². The van der Waals surface area contributed by atoms with Crippen LogP contribution in [-0.2, 0) is 20.9 Å². The van der Waals surface area contributed by atoms with Crippen LogP contribution < -0.4 is 0 Å². The van der Waals surface area contributed by atoms with Crippen LogP contribution in [0.15, 0.2) is 29.2 Å². The Labute approximate surface area is 126 Å². The van der Waals surface area contributed by atoms with Crippen molar-refractivity contribution in [2.24, 2.45) is 0 Å². The van der Waals surface area contributed by atoms with E-state index in [2.05, 4.69) is 9.28 Å². The maximum absolute atomic E-state index is 11.6. The second kappa shape index (κ2) is 5.87. The molecule has 1 heterocycles. The fraction of sp³-hybridized carbons (Fsp3) is 0.231. The van der Waals surface area contributed by atoms with Gasteiger partial charge in [-0.25, -0.2) is 9.48 Å². The lowest BCUT2D eigenvalue weighted by Crippen LogP contribution is -2.06. The quantitative estimate of drug-likeness (QED) is 0.776. The van der Waals surface area contributed by atoms with Gasteiger partial charge in [-0.1, -0.05) is 0 Å². The molecular formula is C13H14N2O6S. The van der Waals surface area contributed by atoms with Gasteiger partial charge in [-0.2, -0.15) is 13.5 Å². The number of nitrogens with zero attached hydrogens (tertiary/aromatic N) is 2. The zero-order valence-electron chi connectivity index (χ0n) is 11.8. The van der Waals surface area contributed by atoms with Crippen molar-refractivity contribution in [2.45, 2.75) is 18.4 Å². The van der Waals surface area contributed by atoms with Crippen LogP contribution >= 0.6 is 0 Å². The largest absolute Gasteiger partial charge is 0.476 e. The fourth-order valence-electron chi connectivity index (χ4n) is 1.98. The van der Waals surface area contributed by atoms with Gasteiger partial charge in [0.1, 0.15) is 0 Å². The first-order valence-electron chi connectivity index (χ1n) is 6.15. The van der Waals surface area contributed by atoms with E-state index in [9.17, 15) is 18.3 Å². The van der Waals surface area contributed by atoms with Crippen LogP contribution in [0, 0.1) is 6.92 Å². The Hall–Kier alpha value is -2.23. The highest BCUT2D eigenvalue weighted by molar-refractivity contribution is 7.86. The molecule has 0 atom stereocenters. The molecule has 2 N–H and O–H groups in total. The lowest BCUT2D eigenvalue weighted by atomic mass is 10.2. The average molecular weight is 326 g/mol. The van der Waals surface area contributed by atoms with Gasteiger partial charge in [0.05, 0.1) is 30.0 Å². The molecule has 0 aliphatic carbocycles. The summed E-state index contributed by atoms with van der Waals surface area (Å²) < 4.78 is 28.8. The second-order valence-electron chi connectivity index (χ2n) is 4.41. The van der Waals surface area contributed by atoms with Crippen molar-refractivity contribution in [1.29, 1.82) is 0 Å². The molecule has 0 radical (unpaired) electrons. The predicted molar refractivity (Wildman–Crippen MR) is 75.4 cm³/mol. The minimum atomic E-state index is -3.80. The Morgan fingerprint density at radius 1 is 1.32 bits per heavy atom. The first kappa shape index (κ1) is 16.1. The van der Waals surface area contributed by atoms with Crippen LogP contribution in [0.2, 0.25) is 0 Å². The Balaban J connectivity index is 2.53. The molecule has 0 fully saturated rings. The molecule has 0 saturated heterocycles. The summed E-state index contributed by atoms with van der Waals surface area (Å²) in [6.07, 6.45) is 0. The zero-order chi connectivity index (χ0) is 16.5. The van der Waals surface area contributed by atoms with Gasteiger partial charge in [0.2, 0.25) is 0 Å². The number of aliphatic hydroxyl groups excluding tert-OH is 1. The number of aromatic carboxylic acids is 1. The molecule has 0 spiro atoms. The maximum Gasteiger partial charge on any atom is 0.356 e. The summed E-state index contributed by atoms with van der Waals surface area (Å²) in [5.41, 5.74) is 0.927. The van der Waals surface area contributed by atoms with Gasteiger partial charge in [0.25, 0.3) is 10.1 Å². The standard InChI is InChI=1S/C13H14N2O6S/c1-8-11(7-16)15(14-12(8)13(17)18)9-3-5-10(6-4-9)22(19,20)21-2/h3-6,16H,7H2,1-2H3,(H,17,18). The number of carboxylic acids is 1. The SMILES string of the molecule is COS(=O)(=O)c1ccc(-n2nc(C(=O)O)c(C)c2CO)cc1. The molecule has 1 aromatic carbocycles. The molecule has 0 saturated carbocycles. The topological polar surface area (TPSA) is 119 Å². The monoisotopic (exact) mass is 326 g/mol. The Morgan fingerprint density at radius 2 is 1.91 bits per heavy atom. The van der Waals surface area contributed by atoms with Crippen LogP contribution in [0.25, 0.3) is 5.69 Å². The Bertz CT molecular complexity index is 808. The van der Waals surface area contributed by atoms with E-state index in [-0.39, 0.29) is 10.6 Å². The molecule has 8 nitrogen and oxygen atoms in total. The van der Waals surface area contributed by atoms with Gasteiger partial charge in [0, 0.05) is 5.56 Å². The number of rotatable bonds is 5. The zero-order valence-corrected chi connectivity index (χ0v) is 12.7. The van der Waals surface area contributed by atoms with E-state index in [1.165, 1.54) is 28.9 Å². The maximum atomic E-state index is 11.6. The Morgan fingerprint density at radius 3 is 2.36 bits per heavy atom. The molecule has 2 rings (SSSR count). The van der Waals surface area contributed by atoms with E-state index >= 15 is 0 Å². The first-order chi connectivity index (χ1) is 10.3. The number of carboxylic acid groups (broad SMARTS) is 1. The molecule has 9 heteroatoms. The van der Waals surface area contributed by atoms with Gasteiger partial charge in [0.15, 0.2) is 5.69 Å². The number of aliphatic hydroxyl groups is 1. The van der Waals surface area contributed by atoms with E-state index in [0.717, 1.165) is 7.11 Å². The third-order valence-electron chi connectivity index (χ3n) is 3.19. The van der Waals surface area contributed by atoms with Crippen LogP contribution in [0.1, 0.15) is 21.7 Å². The molecule has 0 aliphatic rings. The molecule has 1 aromatic heterocycles. The van der Waals surface area contributed by atoms with Crippen molar-refractivity contribution in [3.8, 4) is 5.69 Å². The second-order valence-corrected chi connectivity index (χ2v) is 6.12. The third kappa shape index (κ3) is 2.73. The highest BCUT2D eigenvalue weighted by Gasteiger charge is 2.20. The first-order valence-corrected chi connectivity index (χ1v) is 7.56. The molecular weight excluding hydrogens is 312 g/mol. The van der Waals surface area contributed by atoms with Crippen molar-refractivity contribution in [1.82, 2.24) is 9.78 Å². The van der Waals surface area contributed by atoms with Gasteiger partial charge in [-0.05, 0) is 31.2 Å². The fourth-order valence-corrected chi connectivity index (χ4v) is 2.65. The number of hydrogen-bond acceptors (Lipinski definition) is 6. The third-order valence-corrected chi connectivity index (χ3v) is 4.47. The number of benzene rings is 1. The van der Waals surface area contributed by atoms with Crippen LogP contribution in [-0.4, -0.2) is 41.5 Å². The number of carbonyl (C=O) groups is 1. The summed E-state index contributed by atoms with van der Waals surface area (Å²) in [6.45, 7) is 1.15. The van der Waals surface area contributed by atoms with Gasteiger partial charge in [-0.15, -0.1) is 0 Å². The van der Waals surface area contributed by atoms with Crippen LogP contribution in [0.3, 0.4) is 0 Å². The number of aromatic nitrogens is 2. The van der Waals surface area contributed by atoms with Crippen molar-refractivity contribution >= 4 is 16.1 Å². The van der Waals surface area contributed by atoms with Crippen molar-refractivity contribution < 1.29 is 27.6 Å². The van der Waals surface area contributed by atoms with Crippen LogP contribution in [0.4, 0.5) is 0 Å². The molecule has 22 heavy (non-hydrogen) atoms. The smallest absolute Gasteiger partial charge is 0.356 e. The molecule has 2 aromatic rings. The molecule has 0 bridgehead atoms. The summed E-state index contributed by atoms with van der Waals surface area (Å²) in [6, 6.07) is 5.52. The van der Waals surface area contributed by atoms with Gasteiger partial charge >= 0.3 is 5.97 Å². The summed E-state index contributed by atoms with van der Waals surface area (Å²) in [4.78, 5) is 11.1. The molecule has 0 aliphatic heterocycles. The Kier molecular flexibility index (Phi) is 4.31. The minimum Gasteiger partial charge on any atom is -0.476 e. The lowest BCUT2D eigenvalue weighted by Gasteiger charge is -2.07. The van der Waals surface area contributed by atoms with Crippen LogP contribution in [0.5, 0.6) is 0 Å². The summed E-state index contributed by atoms with van der Waals surface area (Å²) >= 11 is 0. The van der Waals surface area contributed by atoms with E-state index < -0.39 is 22.7 Å². The highest BCUT2D eigenvalue weighted by Crippen LogP contribution is 2.20. The van der Waals surface area contributed by atoms with Crippen molar-refractivity contribution in [3.05, 3.63) is 41.2 Å². The summed E-state index contributed by atoms with van der Waals surface area (Å²) in [5.74, 6) is -1.20.